The number of aliphatic hydroxyl groups is 1. The molecule has 19 heavy (non-hydrogen) atoms. The Labute approximate surface area is 116 Å². The van der Waals surface area contributed by atoms with Crippen LogP contribution in [0.1, 0.15) is 20.3 Å². The van der Waals surface area contributed by atoms with Gasteiger partial charge in [-0.3, -0.25) is 4.90 Å². The lowest BCUT2D eigenvalue weighted by molar-refractivity contribution is -0.154. The fourth-order valence-corrected chi connectivity index (χ4v) is 3.45. The first kappa shape index (κ1) is 15.2. The molecule has 112 valence electrons. The molecule has 2 aliphatic heterocycles. The van der Waals surface area contributed by atoms with Crippen molar-refractivity contribution in [2.75, 3.05) is 53.0 Å². The van der Waals surface area contributed by atoms with Gasteiger partial charge in [0, 0.05) is 38.2 Å². The van der Waals surface area contributed by atoms with Crippen LogP contribution in [-0.2, 0) is 9.47 Å². The molecule has 0 aromatic carbocycles. The topological polar surface area (TPSA) is 54.0 Å². The van der Waals surface area contributed by atoms with Gasteiger partial charge in [-0.25, -0.2) is 0 Å². The zero-order valence-corrected chi connectivity index (χ0v) is 12.4. The summed E-state index contributed by atoms with van der Waals surface area (Å²) in [5.74, 6) is 0. The molecule has 2 saturated heterocycles. The van der Waals surface area contributed by atoms with E-state index in [1.807, 2.05) is 7.05 Å². The molecule has 2 aliphatic rings. The van der Waals surface area contributed by atoms with Gasteiger partial charge in [0.25, 0.3) is 0 Å². The lowest BCUT2D eigenvalue weighted by Crippen LogP contribution is -2.57. The second kappa shape index (κ2) is 6.06. The molecule has 5 nitrogen and oxygen atoms in total. The number of morpholine rings is 1. The molecule has 5 heteroatoms. The molecule has 2 atom stereocenters. The molecule has 0 aromatic rings. The minimum atomic E-state index is -0.189. The van der Waals surface area contributed by atoms with Gasteiger partial charge in [0.15, 0.2) is 0 Å². The van der Waals surface area contributed by atoms with Gasteiger partial charge in [-0.1, -0.05) is 0 Å². The van der Waals surface area contributed by atoms with Crippen molar-refractivity contribution in [3.8, 4) is 0 Å². The first-order chi connectivity index (χ1) is 8.99. The van der Waals surface area contributed by atoms with Crippen LogP contribution in [0.15, 0.2) is 0 Å². The second-order valence-corrected chi connectivity index (χ2v) is 6.68. The monoisotopic (exact) mass is 272 g/mol. The summed E-state index contributed by atoms with van der Waals surface area (Å²) in [7, 11) is 2.00. The van der Waals surface area contributed by atoms with Crippen molar-refractivity contribution in [3.63, 3.8) is 0 Å². The smallest absolute Gasteiger partial charge is 0.0940 e. The average molecular weight is 272 g/mol. The first-order valence-electron chi connectivity index (χ1n) is 7.22. The Bertz CT molecular complexity index is 290. The summed E-state index contributed by atoms with van der Waals surface area (Å²) < 4.78 is 11.5. The van der Waals surface area contributed by atoms with Gasteiger partial charge in [-0.05, 0) is 27.3 Å². The number of aliphatic hydroxyl groups excluding tert-OH is 1. The molecule has 0 aromatic heterocycles. The molecule has 0 bridgehead atoms. The van der Waals surface area contributed by atoms with Gasteiger partial charge in [-0.15, -0.1) is 0 Å². The predicted molar refractivity (Wildman–Crippen MR) is 74.3 cm³/mol. The first-order valence-corrected chi connectivity index (χ1v) is 7.22. The molecule has 0 spiro atoms. The molecular formula is C14H28N2O3. The predicted octanol–water partition coefficient (Wildman–Crippen LogP) is 0.0842. The fourth-order valence-electron chi connectivity index (χ4n) is 3.45. The molecule has 2 N–H and O–H groups in total. The van der Waals surface area contributed by atoms with Gasteiger partial charge in [0.1, 0.15) is 0 Å². The van der Waals surface area contributed by atoms with E-state index in [0.717, 1.165) is 45.8 Å². The van der Waals surface area contributed by atoms with Crippen LogP contribution < -0.4 is 5.32 Å². The number of hydrogen-bond donors (Lipinski definition) is 2. The van der Waals surface area contributed by atoms with E-state index < -0.39 is 0 Å². The molecular weight excluding hydrogens is 244 g/mol. The molecule has 0 amide bonds. The van der Waals surface area contributed by atoms with Crippen LogP contribution in [0.4, 0.5) is 0 Å². The Hall–Kier alpha value is -0.200. The van der Waals surface area contributed by atoms with Crippen LogP contribution in [0.2, 0.25) is 0 Å². The summed E-state index contributed by atoms with van der Waals surface area (Å²) in [6.45, 7) is 9.69. The van der Waals surface area contributed by atoms with E-state index in [-0.39, 0.29) is 23.7 Å². The Balaban J connectivity index is 2.00. The Morgan fingerprint density at radius 1 is 1.42 bits per heavy atom. The highest BCUT2D eigenvalue weighted by molar-refractivity contribution is 4.92. The van der Waals surface area contributed by atoms with Crippen LogP contribution in [-0.4, -0.2) is 74.8 Å². The summed E-state index contributed by atoms with van der Waals surface area (Å²) in [4.78, 5) is 2.43. The maximum Gasteiger partial charge on any atom is 0.0940 e. The summed E-state index contributed by atoms with van der Waals surface area (Å²) in [5, 5.41) is 12.7. The van der Waals surface area contributed by atoms with Crippen molar-refractivity contribution in [1.82, 2.24) is 10.2 Å². The van der Waals surface area contributed by atoms with E-state index in [2.05, 4.69) is 24.1 Å². The molecule has 0 radical (unpaired) electrons. The standard InChI is InChI=1S/C14H28N2O3/c1-13(2)9-16(6-12(7-17)19-13)10-14(8-15-3)4-5-18-11-14/h12,15,17H,4-11H2,1-3H3. The van der Waals surface area contributed by atoms with Gasteiger partial charge < -0.3 is 19.9 Å². The van der Waals surface area contributed by atoms with Crippen molar-refractivity contribution in [1.29, 1.82) is 0 Å². The Morgan fingerprint density at radius 3 is 2.79 bits per heavy atom. The van der Waals surface area contributed by atoms with E-state index >= 15 is 0 Å². The van der Waals surface area contributed by atoms with Crippen molar-refractivity contribution in [2.24, 2.45) is 5.41 Å². The normalized spacial score (nSPS) is 35.7. The van der Waals surface area contributed by atoms with Crippen molar-refractivity contribution >= 4 is 0 Å². The minimum Gasteiger partial charge on any atom is -0.394 e. The number of nitrogens with one attached hydrogen (secondary N) is 1. The van der Waals surface area contributed by atoms with Crippen molar-refractivity contribution < 1.29 is 14.6 Å². The third-order valence-electron chi connectivity index (χ3n) is 4.05. The number of ether oxygens (including phenoxy) is 2. The Kier molecular flexibility index (Phi) is 4.84. The lowest BCUT2D eigenvalue weighted by Gasteiger charge is -2.45. The SMILES string of the molecule is CNCC1(CN2CC(CO)OC(C)(C)C2)CCOC1. The second-order valence-electron chi connectivity index (χ2n) is 6.68. The van der Waals surface area contributed by atoms with Crippen LogP contribution >= 0.6 is 0 Å². The molecule has 2 fully saturated rings. The summed E-state index contributed by atoms with van der Waals surface area (Å²) in [6, 6.07) is 0. The lowest BCUT2D eigenvalue weighted by atomic mass is 9.85. The fraction of sp³-hybridized carbons (Fsp3) is 1.00. The summed E-state index contributed by atoms with van der Waals surface area (Å²) >= 11 is 0. The number of hydrogen-bond acceptors (Lipinski definition) is 5. The molecule has 0 aliphatic carbocycles. The van der Waals surface area contributed by atoms with E-state index in [9.17, 15) is 5.11 Å². The van der Waals surface area contributed by atoms with Crippen molar-refractivity contribution in [2.45, 2.75) is 32.0 Å². The van der Waals surface area contributed by atoms with Gasteiger partial charge in [0.05, 0.1) is 24.9 Å². The van der Waals surface area contributed by atoms with Gasteiger partial charge in [-0.2, -0.15) is 0 Å². The van der Waals surface area contributed by atoms with Crippen LogP contribution in [0.5, 0.6) is 0 Å². The van der Waals surface area contributed by atoms with Gasteiger partial charge in [0.2, 0.25) is 0 Å². The van der Waals surface area contributed by atoms with E-state index in [4.69, 9.17) is 9.47 Å². The van der Waals surface area contributed by atoms with E-state index in [1.54, 1.807) is 0 Å². The van der Waals surface area contributed by atoms with Crippen LogP contribution in [0.25, 0.3) is 0 Å². The quantitative estimate of drug-likeness (QED) is 0.742. The zero-order chi connectivity index (χ0) is 13.9. The zero-order valence-electron chi connectivity index (χ0n) is 12.4. The maximum atomic E-state index is 9.38. The molecule has 2 heterocycles. The highest BCUT2D eigenvalue weighted by Gasteiger charge is 2.40. The number of nitrogens with zero attached hydrogens (tertiary/aromatic N) is 1. The van der Waals surface area contributed by atoms with Gasteiger partial charge >= 0.3 is 0 Å². The van der Waals surface area contributed by atoms with Crippen molar-refractivity contribution in [3.05, 3.63) is 0 Å². The third-order valence-corrected chi connectivity index (χ3v) is 4.05. The van der Waals surface area contributed by atoms with Crippen LogP contribution in [0.3, 0.4) is 0 Å². The minimum absolute atomic E-state index is 0.0716. The summed E-state index contributed by atoms with van der Waals surface area (Å²) in [5.41, 5.74) is 0.0219. The largest absolute Gasteiger partial charge is 0.394 e. The molecule has 2 rings (SSSR count). The van der Waals surface area contributed by atoms with E-state index in [1.165, 1.54) is 0 Å². The third kappa shape index (κ3) is 3.89. The van der Waals surface area contributed by atoms with Crippen LogP contribution in [0, 0.1) is 5.41 Å². The average Bonchev–Trinajstić information content (AvgIpc) is 2.75. The number of rotatable bonds is 5. The molecule has 2 unspecified atom stereocenters. The Morgan fingerprint density at radius 2 is 2.21 bits per heavy atom. The maximum absolute atomic E-state index is 9.38. The highest BCUT2D eigenvalue weighted by atomic mass is 16.5. The highest BCUT2D eigenvalue weighted by Crippen LogP contribution is 2.31. The summed E-state index contributed by atoms with van der Waals surface area (Å²) in [6.07, 6.45) is 1.03. The van der Waals surface area contributed by atoms with E-state index in [0.29, 0.717) is 0 Å². The molecule has 0 saturated carbocycles.